The molecule has 0 fully saturated rings. The number of rotatable bonds is 3. The van der Waals surface area contributed by atoms with Crippen molar-refractivity contribution in [1.82, 2.24) is 10.3 Å². The normalized spacial score (nSPS) is 10.1. The maximum Gasteiger partial charge on any atom is 0.251 e. The summed E-state index contributed by atoms with van der Waals surface area (Å²) in [6.45, 7) is 2.41. The van der Waals surface area contributed by atoms with Crippen LogP contribution in [-0.2, 0) is 6.54 Å². The monoisotopic (exact) mass is 232 g/mol. The molecule has 1 amide bonds. The molecular weight excluding hydrogens is 220 g/mol. The number of carbonyl (C=O) groups excluding carboxylic acids is 1. The van der Waals surface area contributed by atoms with Gasteiger partial charge in [0.25, 0.3) is 5.91 Å². The molecule has 0 aliphatic heterocycles. The zero-order valence-electron chi connectivity index (χ0n) is 8.93. The van der Waals surface area contributed by atoms with Crippen LogP contribution < -0.4 is 5.32 Å². The molecule has 0 radical (unpaired) electrons. The third kappa shape index (κ3) is 2.46. The minimum Gasteiger partial charge on any atom is -0.346 e. The first-order valence-corrected chi connectivity index (χ1v) is 5.92. The summed E-state index contributed by atoms with van der Waals surface area (Å²) >= 11 is 1.53. The van der Waals surface area contributed by atoms with Crippen LogP contribution in [0.25, 0.3) is 0 Å². The van der Waals surface area contributed by atoms with Crippen molar-refractivity contribution in [3.63, 3.8) is 0 Å². The van der Waals surface area contributed by atoms with Gasteiger partial charge in [0.05, 0.1) is 17.7 Å². The van der Waals surface area contributed by atoms with Crippen LogP contribution >= 0.6 is 11.3 Å². The van der Waals surface area contributed by atoms with E-state index in [1.807, 2.05) is 36.6 Å². The van der Waals surface area contributed by atoms with Gasteiger partial charge in [-0.2, -0.15) is 0 Å². The molecule has 1 heterocycles. The number of carbonyl (C=O) groups is 1. The van der Waals surface area contributed by atoms with Crippen molar-refractivity contribution >= 4 is 17.2 Å². The van der Waals surface area contributed by atoms with Gasteiger partial charge in [0, 0.05) is 10.9 Å². The van der Waals surface area contributed by atoms with Gasteiger partial charge < -0.3 is 5.32 Å². The van der Waals surface area contributed by atoms with Gasteiger partial charge in [-0.3, -0.25) is 4.79 Å². The molecule has 1 aromatic heterocycles. The number of thiazole rings is 1. The predicted octanol–water partition coefficient (Wildman–Crippen LogP) is 2.38. The fourth-order valence-electron chi connectivity index (χ4n) is 1.42. The maximum atomic E-state index is 11.8. The Morgan fingerprint density at radius 2 is 2.25 bits per heavy atom. The van der Waals surface area contributed by atoms with E-state index in [0.717, 1.165) is 16.8 Å². The number of amides is 1. The van der Waals surface area contributed by atoms with E-state index in [1.165, 1.54) is 11.3 Å². The highest BCUT2D eigenvalue weighted by Gasteiger charge is 2.07. The van der Waals surface area contributed by atoms with E-state index >= 15 is 0 Å². The highest BCUT2D eigenvalue weighted by molar-refractivity contribution is 7.07. The molecule has 0 aliphatic carbocycles. The molecule has 1 aromatic carbocycles. The first-order chi connectivity index (χ1) is 7.77. The van der Waals surface area contributed by atoms with Gasteiger partial charge in [0.1, 0.15) is 0 Å². The van der Waals surface area contributed by atoms with Crippen LogP contribution in [0, 0.1) is 6.92 Å². The average molecular weight is 232 g/mol. The van der Waals surface area contributed by atoms with Gasteiger partial charge in [-0.15, -0.1) is 11.3 Å². The summed E-state index contributed by atoms with van der Waals surface area (Å²) in [5, 5.41) is 4.78. The quantitative estimate of drug-likeness (QED) is 0.882. The molecule has 1 N–H and O–H groups in total. The Balaban J connectivity index is 2.01. The van der Waals surface area contributed by atoms with Gasteiger partial charge in [-0.05, 0) is 18.6 Å². The fourth-order valence-corrected chi connectivity index (χ4v) is 1.98. The van der Waals surface area contributed by atoms with Crippen molar-refractivity contribution in [2.75, 3.05) is 0 Å². The number of benzene rings is 1. The van der Waals surface area contributed by atoms with Crippen LogP contribution in [0.4, 0.5) is 0 Å². The van der Waals surface area contributed by atoms with Crippen LogP contribution in [0.3, 0.4) is 0 Å². The second-order valence-electron chi connectivity index (χ2n) is 3.48. The summed E-state index contributed by atoms with van der Waals surface area (Å²) in [5.74, 6) is -0.0499. The summed E-state index contributed by atoms with van der Waals surface area (Å²) in [7, 11) is 0. The van der Waals surface area contributed by atoms with Crippen molar-refractivity contribution < 1.29 is 4.79 Å². The molecule has 0 saturated heterocycles. The Kier molecular flexibility index (Phi) is 3.31. The number of aromatic nitrogens is 1. The standard InChI is InChI=1S/C12H12N2OS/c1-9-4-2-3-5-11(9)12(15)13-6-10-7-16-8-14-10/h2-5,7-8H,6H2,1H3,(H,13,15). The molecule has 0 saturated carbocycles. The second-order valence-corrected chi connectivity index (χ2v) is 4.20. The van der Waals surface area contributed by atoms with Crippen molar-refractivity contribution in [2.24, 2.45) is 0 Å². The van der Waals surface area contributed by atoms with E-state index < -0.39 is 0 Å². The van der Waals surface area contributed by atoms with Crippen molar-refractivity contribution in [1.29, 1.82) is 0 Å². The lowest BCUT2D eigenvalue weighted by Gasteiger charge is -2.05. The third-order valence-electron chi connectivity index (χ3n) is 2.30. The Bertz CT molecular complexity index is 480. The molecule has 2 rings (SSSR count). The summed E-state index contributed by atoms with van der Waals surface area (Å²) in [5.41, 5.74) is 4.36. The van der Waals surface area contributed by atoms with Crippen LogP contribution in [0.5, 0.6) is 0 Å². The highest BCUT2D eigenvalue weighted by atomic mass is 32.1. The highest BCUT2D eigenvalue weighted by Crippen LogP contribution is 2.07. The number of hydrogen-bond donors (Lipinski definition) is 1. The van der Waals surface area contributed by atoms with Crippen molar-refractivity contribution in [2.45, 2.75) is 13.5 Å². The molecule has 4 heteroatoms. The zero-order valence-corrected chi connectivity index (χ0v) is 9.75. The van der Waals surface area contributed by atoms with Gasteiger partial charge >= 0.3 is 0 Å². The van der Waals surface area contributed by atoms with Gasteiger partial charge in [0.15, 0.2) is 0 Å². The van der Waals surface area contributed by atoms with Crippen molar-refractivity contribution in [3.8, 4) is 0 Å². The van der Waals surface area contributed by atoms with E-state index in [1.54, 1.807) is 5.51 Å². The third-order valence-corrected chi connectivity index (χ3v) is 2.94. The molecule has 0 bridgehead atoms. The molecule has 16 heavy (non-hydrogen) atoms. The number of hydrogen-bond acceptors (Lipinski definition) is 3. The van der Waals surface area contributed by atoms with Crippen molar-refractivity contribution in [3.05, 3.63) is 52.0 Å². The number of nitrogens with one attached hydrogen (secondary N) is 1. The first kappa shape index (κ1) is 10.8. The lowest BCUT2D eigenvalue weighted by atomic mass is 10.1. The second kappa shape index (κ2) is 4.90. The molecular formula is C12H12N2OS. The van der Waals surface area contributed by atoms with E-state index in [2.05, 4.69) is 10.3 Å². The van der Waals surface area contributed by atoms with Crippen LogP contribution in [0.1, 0.15) is 21.6 Å². The molecule has 0 atom stereocenters. The van der Waals surface area contributed by atoms with Gasteiger partial charge in [0.2, 0.25) is 0 Å². The Labute approximate surface area is 98.2 Å². The lowest BCUT2D eigenvalue weighted by molar-refractivity contribution is 0.0950. The minimum atomic E-state index is -0.0499. The molecule has 2 aromatic rings. The summed E-state index contributed by atoms with van der Waals surface area (Å²) in [4.78, 5) is 15.9. The number of nitrogens with zero attached hydrogens (tertiary/aromatic N) is 1. The van der Waals surface area contributed by atoms with E-state index in [0.29, 0.717) is 6.54 Å². The summed E-state index contributed by atoms with van der Waals surface area (Å²) in [6.07, 6.45) is 0. The summed E-state index contributed by atoms with van der Waals surface area (Å²) in [6, 6.07) is 7.54. The van der Waals surface area contributed by atoms with E-state index in [4.69, 9.17) is 0 Å². The molecule has 0 aliphatic rings. The van der Waals surface area contributed by atoms with Crippen LogP contribution in [-0.4, -0.2) is 10.9 Å². The SMILES string of the molecule is Cc1ccccc1C(=O)NCc1cscn1. The zero-order chi connectivity index (χ0) is 11.4. The average Bonchev–Trinajstić information content (AvgIpc) is 2.79. The predicted molar refractivity (Wildman–Crippen MR) is 64.5 cm³/mol. The largest absolute Gasteiger partial charge is 0.346 e. The van der Waals surface area contributed by atoms with Crippen LogP contribution in [0.2, 0.25) is 0 Å². The minimum absolute atomic E-state index is 0.0499. The molecule has 0 spiro atoms. The van der Waals surface area contributed by atoms with E-state index in [9.17, 15) is 4.79 Å². The first-order valence-electron chi connectivity index (χ1n) is 4.98. The van der Waals surface area contributed by atoms with Gasteiger partial charge in [-0.25, -0.2) is 4.98 Å². The van der Waals surface area contributed by atoms with E-state index in [-0.39, 0.29) is 5.91 Å². The molecule has 3 nitrogen and oxygen atoms in total. The Hall–Kier alpha value is -1.68. The Morgan fingerprint density at radius 1 is 1.44 bits per heavy atom. The molecule has 0 unspecified atom stereocenters. The smallest absolute Gasteiger partial charge is 0.251 e. The number of aryl methyl sites for hydroxylation is 1. The topological polar surface area (TPSA) is 42.0 Å². The Morgan fingerprint density at radius 3 is 2.94 bits per heavy atom. The lowest BCUT2D eigenvalue weighted by Crippen LogP contribution is -2.23. The molecule has 82 valence electrons. The fraction of sp³-hybridized carbons (Fsp3) is 0.167. The maximum absolute atomic E-state index is 11.8. The van der Waals surface area contributed by atoms with Gasteiger partial charge in [-0.1, -0.05) is 18.2 Å². The summed E-state index contributed by atoms with van der Waals surface area (Å²) < 4.78 is 0. The van der Waals surface area contributed by atoms with Crippen LogP contribution in [0.15, 0.2) is 35.2 Å².